The summed E-state index contributed by atoms with van der Waals surface area (Å²) in [6, 6.07) is 0. The van der Waals surface area contributed by atoms with Gasteiger partial charge in [0.25, 0.3) is 0 Å². The number of allylic oxidation sites excluding steroid dienone is 2. The van der Waals surface area contributed by atoms with Crippen molar-refractivity contribution in [2.75, 3.05) is 7.11 Å². The molecular weight excluding hydrogens is 196 g/mol. The molecular formula is C11H14O4. The van der Waals surface area contributed by atoms with Crippen molar-refractivity contribution in [3.05, 3.63) is 24.0 Å². The Balaban J connectivity index is 2.90. The van der Waals surface area contributed by atoms with Crippen LogP contribution in [0.4, 0.5) is 0 Å². The van der Waals surface area contributed by atoms with E-state index in [4.69, 9.17) is 9.47 Å². The van der Waals surface area contributed by atoms with Gasteiger partial charge in [-0.25, -0.2) is 0 Å². The molecule has 0 aromatic carbocycles. The van der Waals surface area contributed by atoms with Gasteiger partial charge in [-0.1, -0.05) is 6.08 Å². The van der Waals surface area contributed by atoms with Crippen LogP contribution in [0.5, 0.6) is 0 Å². The lowest BCUT2D eigenvalue weighted by Crippen LogP contribution is -2.17. The summed E-state index contributed by atoms with van der Waals surface area (Å²) in [5.74, 6) is -0.00435. The lowest BCUT2D eigenvalue weighted by molar-refractivity contribution is -0.146. The van der Waals surface area contributed by atoms with Gasteiger partial charge >= 0.3 is 5.97 Å². The van der Waals surface area contributed by atoms with Gasteiger partial charge in [-0.15, -0.1) is 6.58 Å². The molecule has 1 atom stereocenters. The summed E-state index contributed by atoms with van der Waals surface area (Å²) >= 11 is 0. The molecule has 0 bridgehead atoms. The lowest BCUT2D eigenvalue weighted by atomic mass is 10.1. The van der Waals surface area contributed by atoms with Crippen LogP contribution >= 0.6 is 0 Å². The number of hydrogen-bond acceptors (Lipinski definition) is 4. The Bertz CT molecular complexity index is 327. The van der Waals surface area contributed by atoms with E-state index in [1.54, 1.807) is 6.08 Å². The minimum absolute atomic E-state index is 0.0435. The van der Waals surface area contributed by atoms with E-state index in [0.29, 0.717) is 17.8 Å². The minimum atomic E-state index is -0.560. The first-order valence-corrected chi connectivity index (χ1v) is 4.68. The summed E-state index contributed by atoms with van der Waals surface area (Å²) in [6.07, 6.45) is 1.68. The standard InChI is InChI=1S/C11H14O4/c1-4-5-8-9(13)6-10(11(8)14-3)15-7(2)12/h4,10H,1,5-6H2,2-3H3. The molecule has 0 spiro atoms. The highest BCUT2D eigenvalue weighted by Crippen LogP contribution is 2.28. The second-order valence-corrected chi connectivity index (χ2v) is 3.27. The average molecular weight is 210 g/mol. The largest absolute Gasteiger partial charge is 0.497 e. The number of hydrogen-bond donors (Lipinski definition) is 0. The molecule has 0 fully saturated rings. The van der Waals surface area contributed by atoms with Crippen molar-refractivity contribution in [3.63, 3.8) is 0 Å². The highest BCUT2D eigenvalue weighted by atomic mass is 16.6. The smallest absolute Gasteiger partial charge is 0.303 e. The average Bonchev–Trinajstić information content (AvgIpc) is 2.42. The van der Waals surface area contributed by atoms with Gasteiger partial charge in [-0.2, -0.15) is 0 Å². The van der Waals surface area contributed by atoms with Crippen LogP contribution in [-0.2, 0) is 19.1 Å². The van der Waals surface area contributed by atoms with Crippen molar-refractivity contribution in [2.45, 2.75) is 25.9 Å². The van der Waals surface area contributed by atoms with E-state index in [-0.39, 0.29) is 12.2 Å². The fourth-order valence-corrected chi connectivity index (χ4v) is 1.62. The Hall–Kier alpha value is -1.58. The zero-order valence-corrected chi connectivity index (χ0v) is 8.91. The maximum Gasteiger partial charge on any atom is 0.303 e. The lowest BCUT2D eigenvalue weighted by Gasteiger charge is -2.13. The van der Waals surface area contributed by atoms with Crippen LogP contribution in [0.2, 0.25) is 0 Å². The number of esters is 1. The molecule has 0 saturated heterocycles. The van der Waals surface area contributed by atoms with Crippen LogP contribution in [0.1, 0.15) is 19.8 Å². The topological polar surface area (TPSA) is 52.6 Å². The number of carbonyl (C=O) groups is 2. The number of ketones is 1. The monoisotopic (exact) mass is 210 g/mol. The molecule has 4 heteroatoms. The van der Waals surface area contributed by atoms with E-state index in [1.165, 1.54) is 14.0 Å². The van der Waals surface area contributed by atoms with Crippen molar-refractivity contribution in [1.29, 1.82) is 0 Å². The van der Waals surface area contributed by atoms with Crippen molar-refractivity contribution in [2.24, 2.45) is 0 Å². The van der Waals surface area contributed by atoms with Crippen LogP contribution in [-0.4, -0.2) is 25.0 Å². The zero-order chi connectivity index (χ0) is 11.4. The number of carbonyl (C=O) groups excluding carboxylic acids is 2. The summed E-state index contributed by atoms with van der Waals surface area (Å²) in [6.45, 7) is 4.87. The van der Waals surface area contributed by atoms with Gasteiger partial charge in [0, 0.05) is 12.5 Å². The van der Waals surface area contributed by atoms with Gasteiger partial charge in [0.2, 0.25) is 0 Å². The fourth-order valence-electron chi connectivity index (χ4n) is 1.62. The molecule has 1 unspecified atom stereocenters. The van der Waals surface area contributed by atoms with E-state index in [2.05, 4.69) is 6.58 Å². The Morgan fingerprint density at radius 2 is 2.33 bits per heavy atom. The molecule has 0 amide bonds. The third kappa shape index (κ3) is 2.46. The van der Waals surface area contributed by atoms with Crippen LogP contribution in [0.3, 0.4) is 0 Å². The Morgan fingerprint density at radius 3 is 2.80 bits per heavy atom. The van der Waals surface area contributed by atoms with Crippen molar-refractivity contribution < 1.29 is 19.1 Å². The number of ether oxygens (including phenoxy) is 2. The van der Waals surface area contributed by atoms with Gasteiger partial charge in [0.05, 0.1) is 13.5 Å². The second-order valence-electron chi connectivity index (χ2n) is 3.27. The summed E-state index contributed by atoms with van der Waals surface area (Å²) in [4.78, 5) is 22.3. The summed E-state index contributed by atoms with van der Waals surface area (Å²) < 4.78 is 10.1. The molecule has 0 aromatic heterocycles. The van der Waals surface area contributed by atoms with Gasteiger partial charge in [0.15, 0.2) is 11.9 Å². The first kappa shape index (κ1) is 11.5. The molecule has 1 rings (SSSR count). The molecule has 0 aromatic rings. The molecule has 1 aliphatic rings. The molecule has 4 nitrogen and oxygen atoms in total. The van der Waals surface area contributed by atoms with E-state index in [9.17, 15) is 9.59 Å². The molecule has 1 aliphatic carbocycles. The Morgan fingerprint density at radius 1 is 1.67 bits per heavy atom. The maximum absolute atomic E-state index is 11.5. The molecule has 0 radical (unpaired) electrons. The van der Waals surface area contributed by atoms with Crippen molar-refractivity contribution in [3.8, 4) is 0 Å². The molecule has 0 N–H and O–H groups in total. The first-order chi connectivity index (χ1) is 7.10. The number of methoxy groups -OCH3 is 1. The SMILES string of the molecule is C=CCC1=C(OC)C(OC(C)=O)CC1=O. The maximum atomic E-state index is 11.5. The van der Waals surface area contributed by atoms with E-state index >= 15 is 0 Å². The zero-order valence-electron chi connectivity index (χ0n) is 8.91. The van der Waals surface area contributed by atoms with Gasteiger partial charge < -0.3 is 9.47 Å². The van der Waals surface area contributed by atoms with E-state index < -0.39 is 12.1 Å². The quantitative estimate of drug-likeness (QED) is 0.519. The second kappa shape index (κ2) is 4.77. The van der Waals surface area contributed by atoms with Crippen LogP contribution in [0, 0.1) is 0 Å². The molecule has 0 heterocycles. The predicted molar refractivity (Wildman–Crippen MR) is 54.0 cm³/mol. The normalized spacial score (nSPS) is 20.4. The molecule has 82 valence electrons. The molecule has 0 aliphatic heterocycles. The molecule has 15 heavy (non-hydrogen) atoms. The minimum Gasteiger partial charge on any atom is -0.497 e. The summed E-state index contributed by atoms with van der Waals surface area (Å²) in [5.41, 5.74) is 0.554. The van der Waals surface area contributed by atoms with Crippen molar-refractivity contribution in [1.82, 2.24) is 0 Å². The van der Waals surface area contributed by atoms with Gasteiger partial charge in [-0.3, -0.25) is 9.59 Å². The fraction of sp³-hybridized carbons (Fsp3) is 0.455. The predicted octanol–water partition coefficient (Wildman–Crippen LogP) is 1.37. The third-order valence-corrected chi connectivity index (χ3v) is 2.17. The number of rotatable bonds is 4. The van der Waals surface area contributed by atoms with E-state index in [0.717, 1.165) is 0 Å². The Kier molecular flexibility index (Phi) is 3.66. The highest BCUT2D eigenvalue weighted by Gasteiger charge is 2.34. The molecule has 0 saturated carbocycles. The summed E-state index contributed by atoms with van der Waals surface area (Å²) in [7, 11) is 1.47. The highest BCUT2D eigenvalue weighted by molar-refractivity contribution is 5.99. The third-order valence-electron chi connectivity index (χ3n) is 2.17. The number of Topliss-reactive ketones (excluding diaryl/α,β-unsaturated/α-hetero) is 1. The van der Waals surface area contributed by atoms with E-state index in [1.807, 2.05) is 0 Å². The van der Waals surface area contributed by atoms with Gasteiger partial charge in [-0.05, 0) is 6.42 Å². The first-order valence-electron chi connectivity index (χ1n) is 4.68. The van der Waals surface area contributed by atoms with Crippen LogP contribution < -0.4 is 0 Å². The summed E-state index contributed by atoms with van der Waals surface area (Å²) in [5, 5.41) is 0. The van der Waals surface area contributed by atoms with Crippen LogP contribution in [0.15, 0.2) is 24.0 Å². The van der Waals surface area contributed by atoms with Crippen molar-refractivity contribution >= 4 is 11.8 Å². The van der Waals surface area contributed by atoms with Crippen LogP contribution in [0.25, 0.3) is 0 Å². The Labute approximate surface area is 88.6 Å². The van der Waals surface area contributed by atoms with Gasteiger partial charge in [0.1, 0.15) is 5.76 Å².